The molecule has 1 unspecified atom stereocenters. The molecule has 3 rings (SSSR count). The SMILES string of the molecule is CCCCCCCCCC1(C)OCCn2c1cc1ccccc12. The second-order valence-electron chi connectivity index (χ2n) is 7.19. The molecule has 0 saturated heterocycles. The predicted molar refractivity (Wildman–Crippen MR) is 97.9 cm³/mol. The van der Waals surface area contributed by atoms with Gasteiger partial charge in [0, 0.05) is 12.1 Å². The second-order valence-corrected chi connectivity index (χ2v) is 7.19. The highest BCUT2D eigenvalue weighted by Gasteiger charge is 2.34. The van der Waals surface area contributed by atoms with Crippen molar-refractivity contribution in [3.05, 3.63) is 36.0 Å². The van der Waals surface area contributed by atoms with Crippen molar-refractivity contribution in [2.24, 2.45) is 0 Å². The van der Waals surface area contributed by atoms with Crippen molar-refractivity contribution in [1.29, 1.82) is 0 Å². The average Bonchev–Trinajstić information content (AvgIpc) is 2.95. The van der Waals surface area contributed by atoms with Crippen LogP contribution in [0.3, 0.4) is 0 Å². The Morgan fingerprint density at radius 3 is 2.61 bits per heavy atom. The van der Waals surface area contributed by atoms with Crippen LogP contribution in [0.25, 0.3) is 10.9 Å². The fourth-order valence-electron chi connectivity index (χ4n) is 3.95. The molecule has 0 N–H and O–H groups in total. The van der Waals surface area contributed by atoms with Gasteiger partial charge in [0.2, 0.25) is 0 Å². The van der Waals surface area contributed by atoms with Crippen LogP contribution in [-0.2, 0) is 16.9 Å². The Morgan fingerprint density at radius 2 is 1.78 bits per heavy atom. The molecule has 0 radical (unpaired) electrons. The van der Waals surface area contributed by atoms with Crippen LogP contribution >= 0.6 is 0 Å². The largest absolute Gasteiger partial charge is 0.367 e. The van der Waals surface area contributed by atoms with Crippen molar-refractivity contribution in [3.8, 4) is 0 Å². The van der Waals surface area contributed by atoms with Crippen molar-refractivity contribution in [1.82, 2.24) is 4.57 Å². The van der Waals surface area contributed by atoms with E-state index in [1.165, 1.54) is 61.5 Å². The van der Waals surface area contributed by atoms with E-state index < -0.39 is 0 Å². The minimum absolute atomic E-state index is 0.110. The molecule has 0 bridgehead atoms. The number of hydrogen-bond donors (Lipinski definition) is 0. The Labute approximate surface area is 140 Å². The number of fused-ring (bicyclic) bond motifs is 3. The van der Waals surface area contributed by atoms with Crippen molar-refractivity contribution >= 4 is 10.9 Å². The lowest BCUT2D eigenvalue weighted by Crippen LogP contribution is -2.35. The molecule has 1 aromatic heterocycles. The monoisotopic (exact) mass is 313 g/mol. The minimum Gasteiger partial charge on any atom is -0.367 e. The third-order valence-electron chi connectivity index (χ3n) is 5.35. The van der Waals surface area contributed by atoms with Crippen LogP contribution in [0.2, 0.25) is 0 Å². The van der Waals surface area contributed by atoms with Crippen LogP contribution in [0, 0.1) is 0 Å². The van der Waals surface area contributed by atoms with E-state index in [1.54, 1.807) is 0 Å². The van der Waals surface area contributed by atoms with Gasteiger partial charge in [0.25, 0.3) is 0 Å². The first kappa shape index (κ1) is 16.6. The number of benzene rings is 1. The Balaban J connectivity index is 1.62. The van der Waals surface area contributed by atoms with E-state index in [2.05, 4.69) is 48.7 Å². The van der Waals surface area contributed by atoms with Crippen molar-refractivity contribution in [2.45, 2.75) is 77.4 Å². The van der Waals surface area contributed by atoms with Gasteiger partial charge in [-0.3, -0.25) is 0 Å². The van der Waals surface area contributed by atoms with Crippen LogP contribution in [0.5, 0.6) is 0 Å². The fraction of sp³-hybridized carbons (Fsp3) is 0.619. The Bertz CT molecular complexity index is 630. The van der Waals surface area contributed by atoms with Gasteiger partial charge in [0.15, 0.2) is 0 Å². The summed E-state index contributed by atoms with van der Waals surface area (Å²) >= 11 is 0. The standard InChI is InChI=1S/C21H31NO/c1-3-4-5-6-7-8-11-14-21(2)20-17-18-12-9-10-13-19(18)22(20)15-16-23-21/h9-10,12-13,17H,3-8,11,14-16H2,1-2H3. The molecular formula is C21H31NO. The molecule has 1 atom stereocenters. The van der Waals surface area contributed by atoms with Crippen molar-refractivity contribution < 1.29 is 4.74 Å². The summed E-state index contributed by atoms with van der Waals surface area (Å²) in [6, 6.07) is 11.1. The maximum absolute atomic E-state index is 6.25. The van der Waals surface area contributed by atoms with Gasteiger partial charge in [0.1, 0.15) is 5.60 Å². The summed E-state index contributed by atoms with van der Waals surface area (Å²) in [5.41, 5.74) is 2.62. The third-order valence-corrected chi connectivity index (χ3v) is 5.35. The van der Waals surface area contributed by atoms with Gasteiger partial charge in [-0.2, -0.15) is 0 Å². The number of nitrogens with zero attached hydrogens (tertiary/aromatic N) is 1. The van der Waals surface area contributed by atoms with Crippen molar-refractivity contribution in [2.75, 3.05) is 6.61 Å². The van der Waals surface area contributed by atoms with Crippen LogP contribution in [0.4, 0.5) is 0 Å². The molecule has 0 saturated carbocycles. The summed E-state index contributed by atoms with van der Waals surface area (Å²) in [5.74, 6) is 0. The number of aromatic nitrogens is 1. The molecule has 23 heavy (non-hydrogen) atoms. The number of hydrogen-bond acceptors (Lipinski definition) is 1. The number of ether oxygens (including phenoxy) is 1. The van der Waals surface area contributed by atoms with Crippen LogP contribution in [-0.4, -0.2) is 11.2 Å². The van der Waals surface area contributed by atoms with Gasteiger partial charge < -0.3 is 9.30 Å². The second kappa shape index (κ2) is 7.53. The molecule has 2 aromatic rings. The summed E-state index contributed by atoms with van der Waals surface area (Å²) in [7, 11) is 0. The van der Waals surface area contributed by atoms with Gasteiger partial charge in [-0.15, -0.1) is 0 Å². The van der Waals surface area contributed by atoms with Gasteiger partial charge in [-0.1, -0.05) is 70.1 Å². The predicted octanol–water partition coefficient (Wildman–Crippen LogP) is 6.03. The first-order chi connectivity index (χ1) is 11.2. The maximum Gasteiger partial charge on any atom is 0.105 e. The molecule has 1 aromatic carbocycles. The Kier molecular flexibility index (Phi) is 5.42. The van der Waals surface area contributed by atoms with Gasteiger partial charge in [-0.05, 0) is 30.9 Å². The lowest BCUT2D eigenvalue weighted by molar-refractivity contribution is -0.0703. The molecular weight excluding hydrogens is 282 g/mol. The molecule has 126 valence electrons. The van der Waals surface area contributed by atoms with Crippen LogP contribution < -0.4 is 0 Å². The topological polar surface area (TPSA) is 14.2 Å². The third kappa shape index (κ3) is 3.63. The van der Waals surface area contributed by atoms with E-state index in [-0.39, 0.29) is 5.60 Å². The molecule has 1 aliphatic rings. The number of rotatable bonds is 8. The molecule has 2 nitrogen and oxygen atoms in total. The van der Waals surface area contributed by atoms with Gasteiger partial charge in [-0.25, -0.2) is 0 Å². The lowest BCUT2D eigenvalue weighted by Gasteiger charge is -2.36. The smallest absolute Gasteiger partial charge is 0.105 e. The summed E-state index contributed by atoms with van der Waals surface area (Å²) in [6.45, 7) is 6.38. The quantitative estimate of drug-likeness (QED) is 0.543. The Morgan fingerprint density at radius 1 is 1.04 bits per heavy atom. The maximum atomic E-state index is 6.25. The minimum atomic E-state index is -0.110. The molecule has 2 heterocycles. The summed E-state index contributed by atoms with van der Waals surface area (Å²) in [4.78, 5) is 0. The molecule has 0 spiro atoms. The van der Waals surface area contributed by atoms with Gasteiger partial charge in [0.05, 0.1) is 12.3 Å². The summed E-state index contributed by atoms with van der Waals surface area (Å²) in [5, 5.41) is 1.35. The van der Waals surface area contributed by atoms with E-state index in [9.17, 15) is 0 Å². The number of para-hydroxylation sites is 1. The average molecular weight is 313 g/mol. The molecule has 0 aliphatic carbocycles. The molecule has 0 fully saturated rings. The van der Waals surface area contributed by atoms with Crippen molar-refractivity contribution in [3.63, 3.8) is 0 Å². The zero-order valence-corrected chi connectivity index (χ0v) is 14.8. The van der Waals surface area contributed by atoms with E-state index in [0.717, 1.165) is 19.6 Å². The van der Waals surface area contributed by atoms with Crippen LogP contribution in [0.1, 0.15) is 70.9 Å². The molecule has 1 aliphatic heterocycles. The Hall–Kier alpha value is -1.28. The first-order valence-corrected chi connectivity index (χ1v) is 9.47. The highest BCUT2D eigenvalue weighted by Crippen LogP contribution is 2.38. The normalized spacial score (nSPS) is 20.8. The zero-order valence-electron chi connectivity index (χ0n) is 14.8. The molecule has 0 amide bonds. The number of unbranched alkanes of at least 4 members (excludes halogenated alkanes) is 6. The molecule has 2 heteroatoms. The van der Waals surface area contributed by atoms with E-state index in [0.29, 0.717) is 0 Å². The highest BCUT2D eigenvalue weighted by molar-refractivity contribution is 5.81. The van der Waals surface area contributed by atoms with E-state index >= 15 is 0 Å². The lowest BCUT2D eigenvalue weighted by atomic mass is 9.92. The van der Waals surface area contributed by atoms with E-state index in [4.69, 9.17) is 4.74 Å². The summed E-state index contributed by atoms with van der Waals surface area (Å²) < 4.78 is 8.72. The zero-order chi connectivity index (χ0) is 16.1. The van der Waals surface area contributed by atoms with E-state index in [1.807, 2.05) is 0 Å². The highest BCUT2D eigenvalue weighted by atomic mass is 16.5. The summed E-state index contributed by atoms with van der Waals surface area (Å²) in [6.07, 6.45) is 10.6. The van der Waals surface area contributed by atoms with Crippen LogP contribution in [0.15, 0.2) is 30.3 Å². The fourth-order valence-corrected chi connectivity index (χ4v) is 3.95. The first-order valence-electron chi connectivity index (χ1n) is 9.47. The van der Waals surface area contributed by atoms with Gasteiger partial charge >= 0.3 is 0 Å².